The van der Waals surface area contributed by atoms with Crippen LogP contribution in [0.1, 0.15) is 6.42 Å². The van der Waals surface area contributed by atoms with Crippen LogP contribution in [0.3, 0.4) is 0 Å². The molecule has 0 aromatic carbocycles. The van der Waals surface area contributed by atoms with E-state index in [1.807, 2.05) is 4.90 Å². The van der Waals surface area contributed by atoms with E-state index in [0.717, 1.165) is 44.3 Å². The minimum Gasteiger partial charge on any atom is -0.350 e. The summed E-state index contributed by atoms with van der Waals surface area (Å²) in [6.07, 6.45) is 1.07. The molecule has 1 fully saturated rings. The highest BCUT2D eigenvalue weighted by Crippen LogP contribution is 2.06. The van der Waals surface area contributed by atoms with Crippen LogP contribution in [-0.2, 0) is 0 Å². The van der Waals surface area contributed by atoms with E-state index in [1.165, 1.54) is 0 Å². The lowest BCUT2D eigenvalue weighted by Crippen LogP contribution is -2.31. The largest absolute Gasteiger partial charge is 0.350 e. The van der Waals surface area contributed by atoms with Gasteiger partial charge in [-0.3, -0.25) is 9.17 Å². The molecule has 0 bridgehead atoms. The Bertz CT molecular complexity index is 317. The van der Waals surface area contributed by atoms with Crippen LogP contribution in [0.15, 0.2) is 4.79 Å². The molecule has 14 heavy (non-hydrogen) atoms. The zero-order valence-electron chi connectivity index (χ0n) is 7.65. The zero-order valence-corrected chi connectivity index (χ0v) is 9.29. The van der Waals surface area contributed by atoms with Crippen molar-refractivity contribution in [2.75, 3.05) is 31.1 Å². The molecular formula is C7H13ClN4OS. The Morgan fingerprint density at radius 3 is 2.93 bits per heavy atom. The van der Waals surface area contributed by atoms with Crippen LogP contribution in [0.5, 0.6) is 0 Å². The Balaban J connectivity index is 0.000000980. The minimum absolute atomic E-state index is 0. The number of anilines is 1. The Morgan fingerprint density at radius 2 is 2.21 bits per heavy atom. The van der Waals surface area contributed by atoms with Gasteiger partial charge in [-0.1, -0.05) is 0 Å². The van der Waals surface area contributed by atoms with Crippen molar-refractivity contribution >= 4 is 30.0 Å². The molecule has 5 nitrogen and oxygen atoms in total. The zero-order chi connectivity index (χ0) is 9.10. The number of hydrogen-bond donors (Lipinski definition) is 2. The molecule has 0 radical (unpaired) electrons. The third-order valence-corrected chi connectivity index (χ3v) is 2.65. The maximum absolute atomic E-state index is 11.3. The molecule has 2 heterocycles. The van der Waals surface area contributed by atoms with Gasteiger partial charge >= 0.3 is 5.56 Å². The van der Waals surface area contributed by atoms with Gasteiger partial charge in [0.05, 0.1) is 0 Å². The summed E-state index contributed by atoms with van der Waals surface area (Å²) in [6.45, 7) is 3.74. The van der Waals surface area contributed by atoms with Crippen molar-refractivity contribution in [3.8, 4) is 0 Å². The van der Waals surface area contributed by atoms with Crippen LogP contribution in [-0.4, -0.2) is 34.9 Å². The third kappa shape index (κ3) is 2.46. The third-order valence-electron chi connectivity index (χ3n) is 2.11. The molecule has 2 rings (SSSR count). The predicted molar refractivity (Wildman–Crippen MR) is 59.7 cm³/mol. The summed E-state index contributed by atoms with van der Waals surface area (Å²) in [6, 6.07) is 0. The van der Waals surface area contributed by atoms with Crippen molar-refractivity contribution in [1.29, 1.82) is 0 Å². The van der Waals surface area contributed by atoms with Crippen LogP contribution in [0.4, 0.5) is 5.82 Å². The molecule has 7 heteroatoms. The summed E-state index contributed by atoms with van der Waals surface area (Å²) >= 11 is 1.12. The average molecular weight is 237 g/mol. The average Bonchev–Trinajstić information content (AvgIpc) is 2.43. The van der Waals surface area contributed by atoms with Crippen LogP contribution in [0.2, 0.25) is 0 Å². The van der Waals surface area contributed by atoms with Gasteiger partial charge in [-0.2, -0.15) is 4.37 Å². The summed E-state index contributed by atoms with van der Waals surface area (Å²) in [5, 5.41) is 3.28. The molecule has 0 atom stereocenters. The maximum atomic E-state index is 11.3. The number of halogens is 1. The molecule has 0 unspecified atom stereocenters. The first kappa shape index (κ1) is 11.5. The summed E-state index contributed by atoms with van der Waals surface area (Å²) < 4.78 is 6.65. The Labute approximate surface area is 92.2 Å². The second kappa shape index (κ2) is 5.33. The van der Waals surface area contributed by atoms with Crippen molar-refractivity contribution in [1.82, 2.24) is 14.1 Å². The fraction of sp³-hybridized carbons (Fsp3) is 0.714. The molecule has 0 spiro atoms. The highest BCUT2D eigenvalue weighted by Gasteiger charge is 2.14. The first-order valence-electron chi connectivity index (χ1n) is 4.38. The van der Waals surface area contributed by atoms with E-state index in [1.54, 1.807) is 0 Å². The highest BCUT2D eigenvalue weighted by molar-refractivity contribution is 6.99. The SMILES string of the molecule is Cl.O=c1[nH]snc1N1CCCNCC1. The summed E-state index contributed by atoms with van der Waals surface area (Å²) in [4.78, 5) is 13.3. The molecule has 0 amide bonds. The fourth-order valence-corrected chi connectivity index (χ4v) is 1.96. The molecule has 0 aliphatic carbocycles. The fourth-order valence-electron chi connectivity index (χ4n) is 1.45. The van der Waals surface area contributed by atoms with Crippen LogP contribution in [0, 0.1) is 0 Å². The Morgan fingerprint density at radius 1 is 1.36 bits per heavy atom. The van der Waals surface area contributed by atoms with E-state index in [2.05, 4.69) is 14.1 Å². The molecule has 1 aromatic heterocycles. The first-order chi connectivity index (χ1) is 6.38. The van der Waals surface area contributed by atoms with Gasteiger partial charge in [0.25, 0.3) is 0 Å². The quantitative estimate of drug-likeness (QED) is 0.724. The van der Waals surface area contributed by atoms with Crippen molar-refractivity contribution in [2.45, 2.75) is 6.42 Å². The summed E-state index contributed by atoms with van der Waals surface area (Å²) in [5.74, 6) is 0.578. The lowest BCUT2D eigenvalue weighted by Gasteiger charge is -2.17. The number of hydrogen-bond acceptors (Lipinski definition) is 5. The van der Waals surface area contributed by atoms with Gasteiger partial charge in [-0.05, 0) is 13.0 Å². The molecule has 1 aliphatic rings. The molecule has 1 aliphatic heterocycles. The molecular weight excluding hydrogens is 224 g/mol. The number of nitrogens with one attached hydrogen (secondary N) is 2. The molecule has 0 saturated carbocycles. The Hall–Kier alpha value is -0.590. The standard InChI is InChI=1S/C7H12N4OS.ClH/c12-7-6(9-13-10-7)11-4-1-2-8-3-5-11;/h8H,1-5H2,(H,10,12);1H. The van der Waals surface area contributed by atoms with Crippen LogP contribution in [0.25, 0.3) is 0 Å². The van der Waals surface area contributed by atoms with E-state index in [4.69, 9.17) is 0 Å². The smallest absolute Gasteiger partial charge is 0.302 e. The van der Waals surface area contributed by atoms with Gasteiger partial charge in [0, 0.05) is 31.4 Å². The number of H-pyrrole nitrogens is 1. The van der Waals surface area contributed by atoms with E-state index >= 15 is 0 Å². The lowest BCUT2D eigenvalue weighted by atomic mass is 10.4. The summed E-state index contributed by atoms with van der Waals surface area (Å²) in [7, 11) is 0. The second-order valence-electron chi connectivity index (χ2n) is 3.03. The summed E-state index contributed by atoms with van der Waals surface area (Å²) in [5.41, 5.74) is -0.0631. The topological polar surface area (TPSA) is 61.0 Å². The van der Waals surface area contributed by atoms with Crippen molar-refractivity contribution in [2.24, 2.45) is 0 Å². The number of nitrogens with zero attached hydrogens (tertiary/aromatic N) is 2. The lowest BCUT2D eigenvalue weighted by molar-refractivity contribution is 0.724. The number of aromatic amines is 1. The predicted octanol–water partition coefficient (Wildman–Crippen LogP) is 0.0529. The monoisotopic (exact) mass is 236 g/mol. The van der Waals surface area contributed by atoms with Crippen LogP contribution < -0.4 is 15.8 Å². The molecule has 80 valence electrons. The van der Waals surface area contributed by atoms with Gasteiger partial charge in [0.15, 0.2) is 0 Å². The maximum Gasteiger partial charge on any atom is 0.302 e. The van der Waals surface area contributed by atoms with Crippen molar-refractivity contribution < 1.29 is 0 Å². The van der Waals surface area contributed by atoms with E-state index < -0.39 is 0 Å². The van der Waals surface area contributed by atoms with E-state index in [9.17, 15) is 4.79 Å². The highest BCUT2D eigenvalue weighted by atomic mass is 35.5. The van der Waals surface area contributed by atoms with E-state index in [-0.39, 0.29) is 18.0 Å². The minimum atomic E-state index is -0.0631. The van der Waals surface area contributed by atoms with Crippen molar-refractivity contribution in [3.63, 3.8) is 0 Å². The molecule has 1 aromatic rings. The van der Waals surface area contributed by atoms with Gasteiger partial charge in [-0.25, -0.2) is 0 Å². The van der Waals surface area contributed by atoms with Gasteiger partial charge in [0.2, 0.25) is 5.82 Å². The number of aromatic nitrogens is 2. The first-order valence-corrected chi connectivity index (χ1v) is 5.15. The molecule has 1 saturated heterocycles. The van der Waals surface area contributed by atoms with E-state index in [0.29, 0.717) is 5.82 Å². The van der Waals surface area contributed by atoms with Gasteiger partial charge in [0.1, 0.15) is 0 Å². The van der Waals surface area contributed by atoms with Gasteiger partial charge in [-0.15, -0.1) is 12.4 Å². The van der Waals surface area contributed by atoms with Crippen molar-refractivity contribution in [3.05, 3.63) is 10.4 Å². The number of rotatable bonds is 1. The Kier molecular flexibility index (Phi) is 4.37. The van der Waals surface area contributed by atoms with Crippen LogP contribution >= 0.6 is 24.1 Å². The normalized spacial score (nSPS) is 17.3. The van der Waals surface area contributed by atoms with Gasteiger partial charge < -0.3 is 10.2 Å². The molecule has 2 N–H and O–H groups in total. The second-order valence-corrected chi connectivity index (χ2v) is 3.60.